The highest BCUT2D eigenvalue weighted by atomic mass is 35.5. The van der Waals surface area contributed by atoms with Crippen LogP contribution in [-0.2, 0) is 4.79 Å². The predicted molar refractivity (Wildman–Crippen MR) is 76.4 cm³/mol. The van der Waals surface area contributed by atoms with E-state index in [-0.39, 0.29) is 18.6 Å². The molecule has 1 fully saturated rings. The second-order valence-electron chi connectivity index (χ2n) is 4.79. The van der Waals surface area contributed by atoms with Crippen LogP contribution in [0, 0.1) is 0 Å². The SMILES string of the molecule is O=C(CCN1CCC[C@H]1CO)Nc1ccccc1Cl. The van der Waals surface area contributed by atoms with Crippen molar-refractivity contribution >= 4 is 23.2 Å². The smallest absolute Gasteiger partial charge is 0.225 e. The molecule has 0 bridgehead atoms. The van der Waals surface area contributed by atoms with E-state index in [2.05, 4.69) is 10.2 Å². The molecule has 0 radical (unpaired) electrons. The van der Waals surface area contributed by atoms with Crippen LogP contribution in [0.4, 0.5) is 5.69 Å². The van der Waals surface area contributed by atoms with Gasteiger partial charge in [0, 0.05) is 19.0 Å². The van der Waals surface area contributed by atoms with Gasteiger partial charge in [-0.2, -0.15) is 0 Å². The maximum absolute atomic E-state index is 11.9. The average Bonchev–Trinajstić information content (AvgIpc) is 2.86. The molecule has 0 unspecified atom stereocenters. The van der Waals surface area contributed by atoms with Crippen molar-refractivity contribution in [1.29, 1.82) is 0 Å². The summed E-state index contributed by atoms with van der Waals surface area (Å²) in [4.78, 5) is 14.0. The molecule has 2 N–H and O–H groups in total. The van der Waals surface area contributed by atoms with Gasteiger partial charge in [-0.1, -0.05) is 23.7 Å². The number of rotatable bonds is 5. The Morgan fingerprint density at radius 3 is 3.00 bits per heavy atom. The van der Waals surface area contributed by atoms with Gasteiger partial charge in [-0.05, 0) is 31.5 Å². The lowest BCUT2D eigenvalue weighted by molar-refractivity contribution is -0.116. The molecular weight excluding hydrogens is 264 g/mol. The third-order valence-electron chi connectivity index (χ3n) is 3.48. The van der Waals surface area contributed by atoms with Crippen LogP contribution in [0.5, 0.6) is 0 Å². The number of aliphatic hydroxyl groups excluding tert-OH is 1. The fourth-order valence-electron chi connectivity index (χ4n) is 2.42. The van der Waals surface area contributed by atoms with E-state index in [1.807, 2.05) is 12.1 Å². The monoisotopic (exact) mass is 282 g/mol. The topological polar surface area (TPSA) is 52.6 Å². The molecule has 5 heteroatoms. The molecular formula is C14H19ClN2O2. The standard InChI is InChI=1S/C14H19ClN2O2/c15-12-5-1-2-6-13(12)16-14(19)7-9-17-8-3-4-11(17)10-18/h1-2,5-6,11,18H,3-4,7-10H2,(H,16,19)/t11-/m0/s1. The Morgan fingerprint density at radius 1 is 1.47 bits per heavy atom. The summed E-state index contributed by atoms with van der Waals surface area (Å²) < 4.78 is 0. The van der Waals surface area contributed by atoms with E-state index in [1.165, 1.54) is 0 Å². The number of hydrogen-bond acceptors (Lipinski definition) is 3. The molecule has 1 amide bonds. The van der Waals surface area contributed by atoms with Gasteiger partial charge in [0.2, 0.25) is 5.91 Å². The fourth-order valence-corrected chi connectivity index (χ4v) is 2.60. The van der Waals surface area contributed by atoms with Gasteiger partial charge in [0.1, 0.15) is 0 Å². The lowest BCUT2D eigenvalue weighted by Crippen LogP contribution is -2.34. The summed E-state index contributed by atoms with van der Waals surface area (Å²) in [7, 11) is 0. The van der Waals surface area contributed by atoms with Crippen LogP contribution in [0.1, 0.15) is 19.3 Å². The number of anilines is 1. The fraction of sp³-hybridized carbons (Fsp3) is 0.500. The number of likely N-dealkylation sites (tertiary alicyclic amines) is 1. The van der Waals surface area contributed by atoms with Gasteiger partial charge in [-0.3, -0.25) is 9.69 Å². The highest BCUT2D eigenvalue weighted by molar-refractivity contribution is 6.33. The van der Waals surface area contributed by atoms with Crippen LogP contribution in [0.2, 0.25) is 5.02 Å². The molecule has 104 valence electrons. The Balaban J connectivity index is 1.80. The summed E-state index contributed by atoms with van der Waals surface area (Å²) in [6, 6.07) is 7.41. The Labute approximate surface area is 118 Å². The van der Waals surface area contributed by atoms with Crippen LogP contribution in [0.15, 0.2) is 24.3 Å². The summed E-state index contributed by atoms with van der Waals surface area (Å²) in [5.74, 6) is -0.0447. The van der Waals surface area contributed by atoms with Crippen molar-refractivity contribution in [2.45, 2.75) is 25.3 Å². The maximum atomic E-state index is 11.9. The van der Waals surface area contributed by atoms with E-state index in [1.54, 1.807) is 12.1 Å². The van der Waals surface area contributed by atoms with Gasteiger partial charge < -0.3 is 10.4 Å². The van der Waals surface area contributed by atoms with E-state index in [0.29, 0.717) is 23.7 Å². The summed E-state index contributed by atoms with van der Waals surface area (Å²) in [6.07, 6.45) is 2.53. The molecule has 1 aliphatic heterocycles. The lowest BCUT2D eigenvalue weighted by Gasteiger charge is -2.22. The minimum Gasteiger partial charge on any atom is -0.395 e. The molecule has 0 saturated carbocycles. The van der Waals surface area contributed by atoms with E-state index in [9.17, 15) is 9.90 Å². The summed E-state index contributed by atoms with van der Waals surface area (Å²) >= 11 is 5.98. The highest BCUT2D eigenvalue weighted by Gasteiger charge is 2.23. The molecule has 1 aromatic rings. The molecule has 1 aromatic carbocycles. The molecule has 1 aliphatic rings. The van der Waals surface area contributed by atoms with E-state index in [4.69, 9.17) is 11.6 Å². The minimum absolute atomic E-state index is 0.0447. The van der Waals surface area contributed by atoms with E-state index < -0.39 is 0 Å². The minimum atomic E-state index is -0.0447. The quantitative estimate of drug-likeness (QED) is 0.870. The molecule has 1 heterocycles. The third-order valence-corrected chi connectivity index (χ3v) is 3.81. The molecule has 0 spiro atoms. The molecule has 1 atom stereocenters. The molecule has 0 aromatic heterocycles. The van der Waals surface area contributed by atoms with Crippen LogP contribution < -0.4 is 5.32 Å². The summed E-state index contributed by atoms with van der Waals surface area (Å²) in [5.41, 5.74) is 0.647. The number of nitrogens with zero attached hydrogens (tertiary/aromatic N) is 1. The van der Waals surface area contributed by atoms with Crippen molar-refractivity contribution in [3.8, 4) is 0 Å². The van der Waals surface area contributed by atoms with E-state index in [0.717, 1.165) is 19.4 Å². The summed E-state index contributed by atoms with van der Waals surface area (Å²) in [5, 5.41) is 12.6. The second kappa shape index (κ2) is 6.89. The number of carbonyl (C=O) groups excluding carboxylic acids is 1. The Bertz CT molecular complexity index is 439. The molecule has 1 saturated heterocycles. The molecule has 19 heavy (non-hydrogen) atoms. The molecule has 2 rings (SSSR count). The van der Waals surface area contributed by atoms with Gasteiger partial charge in [-0.25, -0.2) is 0 Å². The molecule has 4 nitrogen and oxygen atoms in total. The van der Waals surface area contributed by atoms with Gasteiger partial charge in [0.15, 0.2) is 0 Å². The number of hydrogen-bond donors (Lipinski definition) is 2. The van der Waals surface area contributed by atoms with Crippen LogP contribution in [0.25, 0.3) is 0 Å². The van der Waals surface area contributed by atoms with Crippen LogP contribution in [-0.4, -0.2) is 41.7 Å². The second-order valence-corrected chi connectivity index (χ2v) is 5.20. The van der Waals surface area contributed by atoms with Crippen LogP contribution >= 0.6 is 11.6 Å². The zero-order valence-electron chi connectivity index (χ0n) is 10.8. The first-order chi connectivity index (χ1) is 9.20. The predicted octanol–water partition coefficient (Wildman–Crippen LogP) is 2.13. The van der Waals surface area contributed by atoms with Crippen molar-refractivity contribution in [3.05, 3.63) is 29.3 Å². The van der Waals surface area contributed by atoms with Gasteiger partial charge in [0.25, 0.3) is 0 Å². The van der Waals surface area contributed by atoms with E-state index >= 15 is 0 Å². The Morgan fingerprint density at radius 2 is 2.26 bits per heavy atom. The average molecular weight is 283 g/mol. The number of nitrogens with one attached hydrogen (secondary N) is 1. The number of para-hydroxylation sites is 1. The van der Waals surface area contributed by atoms with Crippen molar-refractivity contribution in [3.63, 3.8) is 0 Å². The van der Waals surface area contributed by atoms with Gasteiger partial charge in [0.05, 0.1) is 17.3 Å². The number of benzene rings is 1. The largest absolute Gasteiger partial charge is 0.395 e. The number of aliphatic hydroxyl groups is 1. The van der Waals surface area contributed by atoms with Crippen molar-refractivity contribution in [1.82, 2.24) is 4.90 Å². The normalized spacial score (nSPS) is 19.6. The zero-order valence-corrected chi connectivity index (χ0v) is 11.6. The van der Waals surface area contributed by atoms with Crippen molar-refractivity contribution < 1.29 is 9.90 Å². The van der Waals surface area contributed by atoms with Crippen molar-refractivity contribution in [2.75, 3.05) is 25.0 Å². The zero-order chi connectivity index (χ0) is 13.7. The lowest BCUT2D eigenvalue weighted by atomic mass is 10.2. The Kier molecular flexibility index (Phi) is 5.19. The van der Waals surface area contributed by atoms with Gasteiger partial charge in [-0.15, -0.1) is 0 Å². The number of amides is 1. The maximum Gasteiger partial charge on any atom is 0.225 e. The summed E-state index contributed by atoms with van der Waals surface area (Å²) in [6.45, 7) is 1.82. The highest BCUT2D eigenvalue weighted by Crippen LogP contribution is 2.21. The van der Waals surface area contributed by atoms with Crippen LogP contribution in [0.3, 0.4) is 0 Å². The first-order valence-corrected chi connectivity index (χ1v) is 6.98. The van der Waals surface area contributed by atoms with Crippen molar-refractivity contribution in [2.24, 2.45) is 0 Å². The first-order valence-electron chi connectivity index (χ1n) is 6.60. The number of halogens is 1. The third kappa shape index (κ3) is 3.93. The Hall–Kier alpha value is -1.10. The number of carbonyl (C=O) groups is 1. The first kappa shape index (κ1) is 14.3. The molecule has 0 aliphatic carbocycles. The van der Waals surface area contributed by atoms with Gasteiger partial charge >= 0.3 is 0 Å².